The Kier molecular flexibility index (Phi) is 5.66. The molecule has 138 valence electrons. The van der Waals surface area contributed by atoms with Gasteiger partial charge in [-0.25, -0.2) is 0 Å². The third-order valence-corrected chi connectivity index (χ3v) is 4.17. The molecule has 27 heavy (non-hydrogen) atoms. The highest BCUT2D eigenvalue weighted by Gasteiger charge is 2.29. The maximum absolute atomic E-state index is 12.1. The topological polar surface area (TPSA) is 87.3 Å². The molecule has 1 saturated carbocycles. The highest BCUT2D eigenvalue weighted by Crippen LogP contribution is 2.30. The molecule has 0 unspecified atom stereocenters. The van der Waals surface area contributed by atoms with Gasteiger partial charge in [0.1, 0.15) is 0 Å². The summed E-state index contributed by atoms with van der Waals surface area (Å²) in [7, 11) is 0. The smallest absolute Gasteiger partial charge is 0.269 e. The van der Waals surface area contributed by atoms with Crippen molar-refractivity contribution in [2.45, 2.75) is 19.8 Å². The van der Waals surface area contributed by atoms with Crippen LogP contribution in [0.25, 0.3) is 6.08 Å². The van der Waals surface area contributed by atoms with Crippen molar-refractivity contribution in [3.63, 3.8) is 0 Å². The Morgan fingerprint density at radius 3 is 2.22 bits per heavy atom. The van der Waals surface area contributed by atoms with Crippen LogP contribution in [0.15, 0.2) is 54.6 Å². The first-order valence-electron chi connectivity index (χ1n) is 8.77. The Labute approximate surface area is 157 Å². The molecule has 0 atom stereocenters. The van der Waals surface area contributed by atoms with E-state index < -0.39 is 11.8 Å². The van der Waals surface area contributed by atoms with Crippen molar-refractivity contribution in [2.75, 3.05) is 5.32 Å². The SMILES string of the molecule is Cc1ccc(C=CC(=O)NNC(=O)c2ccc(NC(=O)C3CC3)cc2)cc1. The largest absolute Gasteiger partial charge is 0.326 e. The van der Waals surface area contributed by atoms with Crippen LogP contribution < -0.4 is 16.2 Å². The number of hydrogen-bond acceptors (Lipinski definition) is 3. The molecule has 0 spiro atoms. The minimum Gasteiger partial charge on any atom is -0.326 e. The molecule has 0 saturated heterocycles. The standard InChI is InChI=1S/C21H21N3O3/c1-14-2-4-15(5-3-14)6-13-19(25)23-24-21(27)17-9-11-18(12-10-17)22-20(26)16-7-8-16/h2-6,9-13,16H,7-8H2,1H3,(H,22,26)(H,23,25)(H,24,27). The second-order valence-corrected chi connectivity index (χ2v) is 6.53. The van der Waals surface area contributed by atoms with Gasteiger partial charge in [0, 0.05) is 23.2 Å². The zero-order valence-electron chi connectivity index (χ0n) is 15.0. The van der Waals surface area contributed by atoms with Crippen molar-refractivity contribution < 1.29 is 14.4 Å². The lowest BCUT2D eigenvalue weighted by molar-refractivity contribution is -0.118. The number of benzene rings is 2. The summed E-state index contributed by atoms with van der Waals surface area (Å²) in [5.41, 5.74) is 7.75. The van der Waals surface area contributed by atoms with Crippen LogP contribution in [0.3, 0.4) is 0 Å². The third-order valence-electron chi connectivity index (χ3n) is 4.17. The summed E-state index contributed by atoms with van der Waals surface area (Å²) in [5.74, 6) is -0.736. The van der Waals surface area contributed by atoms with E-state index in [1.165, 1.54) is 6.08 Å². The number of carbonyl (C=O) groups is 3. The quantitative estimate of drug-likeness (QED) is 0.564. The molecule has 6 nitrogen and oxygen atoms in total. The number of amides is 3. The molecule has 3 N–H and O–H groups in total. The molecular formula is C21H21N3O3. The van der Waals surface area contributed by atoms with E-state index in [-0.39, 0.29) is 11.8 Å². The maximum atomic E-state index is 12.1. The highest BCUT2D eigenvalue weighted by molar-refractivity contribution is 5.99. The predicted octanol–water partition coefficient (Wildman–Crippen LogP) is 2.82. The third kappa shape index (κ3) is 5.54. The Balaban J connectivity index is 1.47. The van der Waals surface area contributed by atoms with Gasteiger partial charge < -0.3 is 5.32 Å². The summed E-state index contributed by atoms with van der Waals surface area (Å²) in [4.78, 5) is 35.6. The lowest BCUT2D eigenvalue weighted by atomic mass is 10.1. The average molecular weight is 363 g/mol. The molecule has 0 aromatic heterocycles. The Morgan fingerprint density at radius 1 is 0.926 bits per heavy atom. The number of aryl methyl sites for hydroxylation is 1. The second-order valence-electron chi connectivity index (χ2n) is 6.53. The van der Waals surface area contributed by atoms with Gasteiger partial charge in [0.2, 0.25) is 5.91 Å². The first kappa shape index (κ1) is 18.4. The molecular weight excluding hydrogens is 342 g/mol. The van der Waals surface area contributed by atoms with E-state index in [0.29, 0.717) is 11.3 Å². The predicted molar refractivity (Wildman–Crippen MR) is 104 cm³/mol. The summed E-state index contributed by atoms with van der Waals surface area (Å²) in [6.07, 6.45) is 4.88. The highest BCUT2D eigenvalue weighted by atomic mass is 16.2. The Morgan fingerprint density at radius 2 is 1.59 bits per heavy atom. The molecule has 2 aromatic carbocycles. The number of hydrogen-bond donors (Lipinski definition) is 3. The number of carbonyl (C=O) groups excluding carboxylic acids is 3. The van der Waals surface area contributed by atoms with Crippen molar-refractivity contribution in [1.29, 1.82) is 0 Å². The van der Waals surface area contributed by atoms with Gasteiger partial charge in [-0.1, -0.05) is 29.8 Å². The Bertz CT molecular complexity index is 867. The van der Waals surface area contributed by atoms with Gasteiger partial charge in [-0.05, 0) is 55.7 Å². The molecule has 1 aliphatic rings. The van der Waals surface area contributed by atoms with Crippen molar-refractivity contribution in [3.05, 3.63) is 71.3 Å². The fraction of sp³-hybridized carbons (Fsp3) is 0.190. The van der Waals surface area contributed by atoms with E-state index in [0.717, 1.165) is 24.0 Å². The fourth-order valence-electron chi connectivity index (χ4n) is 2.38. The first-order chi connectivity index (χ1) is 13.0. The molecule has 1 fully saturated rings. The molecule has 0 bridgehead atoms. The van der Waals surface area contributed by atoms with E-state index in [1.807, 2.05) is 31.2 Å². The summed E-state index contributed by atoms with van der Waals surface area (Å²) < 4.78 is 0. The van der Waals surface area contributed by atoms with Crippen LogP contribution in [-0.2, 0) is 9.59 Å². The summed E-state index contributed by atoms with van der Waals surface area (Å²) in [6.45, 7) is 1.99. The van der Waals surface area contributed by atoms with Gasteiger partial charge in [0.25, 0.3) is 11.8 Å². The van der Waals surface area contributed by atoms with Crippen LogP contribution in [0, 0.1) is 12.8 Å². The average Bonchev–Trinajstić information content (AvgIpc) is 3.51. The molecule has 3 rings (SSSR count). The lowest BCUT2D eigenvalue weighted by Gasteiger charge is -2.07. The summed E-state index contributed by atoms with van der Waals surface area (Å²) >= 11 is 0. The molecule has 1 aliphatic carbocycles. The van der Waals surface area contributed by atoms with Crippen LogP contribution in [0.5, 0.6) is 0 Å². The van der Waals surface area contributed by atoms with E-state index in [4.69, 9.17) is 0 Å². The maximum Gasteiger partial charge on any atom is 0.269 e. The minimum absolute atomic E-state index is 0.0137. The number of rotatable bonds is 5. The van der Waals surface area contributed by atoms with Crippen molar-refractivity contribution in [3.8, 4) is 0 Å². The lowest BCUT2D eigenvalue weighted by Crippen LogP contribution is -2.40. The van der Waals surface area contributed by atoms with E-state index in [1.54, 1.807) is 30.3 Å². The van der Waals surface area contributed by atoms with Crippen molar-refractivity contribution in [1.82, 2.24) is 10.9 Å². The van der Waals surface area contributed by atoms with Gasteiger partial charge in [-0.15, -0.1) is 0 Å². The van der Waals surface area contributed by atoms with Crippen LogP contribution >= 0.6 is 0 Å². The van der Waals surface area contributed by atoms with Crippen LogP contribution in [0.4, 0.5) is 5.69 Å². The van der Waals surface area contributed by atoms with Crippen LogP contribution in [-0.4, -0.2) is 17.7 Å². The normalized spacial score (nSPS) is 13.2. The van der Waals surface area contributed by atoms with E-state index in [9.17, 15) is 14.4 Å². The van der Waals surface area contributed by atoms with Gasteiger partial charge in [0.15, 0.2) is 0 Å². The van der Waals surface area contributed by atoms with Crippen LogP contribution in [0.1, 0.15) is 34.3 Å². The first-order valence-corrected chi connectivity index (χ1v) is 8.77. The van der Waals surface area contributed by atoms with E-state index in [2.05, 4.69) is 16.2 Å². The van der Waals surface area contributed by atoms with Gasteiger partial charge in [0.05, 0.1) is 0 Å². The van der Waals surface area contributed by atoms with Crippen molar-refractivity contribution >= 4 is 29.5 Å². The monoisotopic (exact) mass is 363 g/mol. The van der Waals surface area contributed by atoms with E-state index >= 15 is 0 Å². The molecule has 3 amide bonds. The number of hydrazine groups is 1. The zero-order valence-corrected chi connectivity index (χ0v) is 15.0. The summed E-state index contributed by atoms with van der Waals surface area (Å²) in [5, 5.41) is 2.81. The molecule has 0 aliphatic heterocycles. The zero-order chi connectivity index (χ0) is 19.2. The van der Waals surface area contributed by atoms with Gasteiger partial charge in [-0.3, -0.25) is 25.2 Å². The molecule has 0 radical (unpaired) electrons. The molecule has 6 heteroatoms. The second kappa shape index (κ2) is 8.31. The van der Waals surface area contributed by atoms with Gasteiger partial charge >= 0.3 is 0 Å². The Hall–Kier alpha value is -3.41. The molecule has 0 heterocycles. The summed E-state index contributed by atoms with van der Waals surface area (Å²) in [6, 6.07) is 14.2. The van der Waals surface area contributed by atoms with Gasteiger partial charge in [-0.2, -0.15) is 0 Å². The molecule has 2 aromatic rings. The van der Waals surface area contributed by atoms with Crippen LogP contribution in [0.2, 0.25) is 0 Å². The minimum atomic E-state index is -0.438. The fourth-order valence-corrected chi connectivity index (χ4v) is 2.38. The van der Waals surface area contributed by atoms with Crippen molar-refractivity contribution in [2.24, 2.45) is 5.92 Å². The number of nitrogens with one attached hydrogen (secondary N) is 3. The number of anilines is 1.